The third-order valence-electron chi connectivity index (χ3n) is 3.50. The molecule has 0 aromatic heterocycles. The van der Waals surface area contributed by atoms with Crippen LogP contribution < -0.4 is 0 Å². The van der Waals surface area contributed by atoms with Crippen molar-refractivity contribution in [1.29, 1.82) is 0 Å². The molecule has 0 unspecified atom stereocenters. The third kappa shape index (κ3) is 2.27. The molecule has 1 heterocycles. The Balaban J connectivity index is 2.44. The van der Waals surface area contributed by atoms with E-state index in [-0.39, 0.29) is 5.56 Å². The zero-order valence-corrected chi connectivity index (χ0v) is 10.5. The van der Waals surface area contributed by atoms with E-state index in [0.29, 0.717) is 5.56 Å². The predicted molar refractivity (Wildman–Crippen MR) is 65.1 cm³/mol. The van der Waals surface area contributed by atoms with Crippen LogP contribution in [0, 0.1) is 6.92 Å². The lowest BCUT2D eigenvalue weighted by Gasteiger charge is -2.46. The molecule has 2 rings (SSSR count). The third-order valence-corrected chi connectivity index (χ3v) is 3.50. The lowest BCUT2D eigenvalue weighted by Crippen LogP contribution is -2.63. The predicted octanol–water partition coefficient (Wildman–Crippen LogP) is -1.39. The number of hydrogen-bond acceptors (Lipinski definition) is 6. The van der Waals surface area contributed by atoms with Crippen molar-refractivity contribution in [3.05, 3.63) is 35.4 Å². The fourth-order valence-corrected chi connectivity index (χ4v) is 2.35. The molecule has 0 aliphatic carbocycles. The Hall–Kier alpha value is -1.02. The summed E-state index contributed by atoms with van der Waals surface area (Å²) in [7, 11) is 0. The molecule has 0 bridgehead atoms. The first kappa shape index (κ1) is 14.4. The van der Waals surface area contributed by atoms with Crippen LogP contribution in [0.15, 0.2) is 24.3 Å². The van der Waals surface area contributed by atoms with Crippen molar-refractivity contribution >= 4 is 0 Å². The number of rotatable bonds is 2. The molecule has 106 valence electrons. The maximum atomic E-state index is 10.5. The van der Waals surface area contributed by atoms with Gasteiger partial charge in [-0.3, -0.25) is 0 Å². The van der Waals surface area contributed by atoms with Gasteiger partial charge in [0.25, 0.3) is 0 Å². The number of benzene rings is 1. The van der Waals surface area contributed by atoms with Gasteiger partial charge >= 0.3 is 0 Å². The summed E-state index contributed by atoms with van der Waals surface area (Å²) in [5.74, 6) is -2.17. The van der Waals surface area contributed by atoms with Crippen molar-refractivity contribution in [3.63, 3.8) is 0 Å². The minimum absolute atomic E-state index is 0.284. The van der Waals surface area contributed by atoms with Crippen molar-refractivity contribution in [2.75, 3.05) is 6.61 Å². The van der Waals surface area contributed by atoms with Crippen LogP contribution in [-0.4, -0.2) is 56.6 Å². The standard InChI is InChI=1S/C13H18O6/c1-7-4-2-3-5-8(7)13(18)12(17)11(16)10(15)9(6-14)19-13/h2-5,9-12,14-18H,6H2,1H3/t9-,10-,11+,12-,13-/m1/s1. The van der Waals surface area contributed by atoms with Crippen molar-refractivity contribution < 1.29 is 30.3 Å². The van der Waals surface area contributed by atoms with Gasteiger partial charge in [0, 0.05) is 5.56 Å². The summed E-state index contributed by atoms with van der Waals surface area (Å²) < 4.78 is 5.23. The molecule has 6 heteroatoms. The van der Waals surface area contributed by atoms with E-state index >= 15 is 0 Å². The highest BCUT2D eigenvalue weighted by Gasteiger charge is 2.53. The Morgan fingerprint density at radius 1 is 1.16 bits per heavy atom. The molecule has 5 atom stereocenters. The molecule has 0 spiro atoms. The first-order valence-electron chi connectivity index (χ1n) is 6.03. The number of aryl methyl sites for hydroxylation is 1. The quantitative estimate of drug-likeness (QED) is 0.453. The van der Waals surface area contributed by atoms with Gasteiger partial charge in [0.1, 0.15) is 24.4 Å². The van der Waals surface area contributed by atoms with Gasteiger partial charge in [0.2, 0.25) is 5.79 Å². The lowest BCUT2D eigenvalue weighted by molar-refractivity contribution is -0.358. The maximum absolute atomic E-state index is 10.5. The van der Waals surface area contributed by atoms with Gasteiger partial charge in [0.15, 0.2) is 0 Å². The summed E-state index contributed by atoms with van der Waals surface area (Å²) in [5, 5.41) is 49.1. The van der Waals surface area contributed by atoms with Crippen molar-refractivity contribution in [2.45, 2.75) is 37.1 Å². The second-order valence-corrected chi connectivity index (χ2v) is 4.78. The normalized spacial score (nSPS) is 39.3. The minimum Gasteiger partial charge on any atom is -0.394 e. The van der Waals surface area contributed by atoms with E-state index in [0.717, 1.165) is 0 Å². The number of aliphatic hydroxyl groups excluding tert-OH is 4. The molecule has 19 heavy (non-hydrogen) atoms. The molecule has 1 aliphatic heterocycles. The molecule has 1 aromatic rings. The molecule has 5 N–H and O–H groups in total. The summed E-state index contributed by atoms with van der Waals surface area (Å²) in [6.45, 7) is 1.13. The topological polar surface area (TPSA) is 110 Å². The Kier molecular flexibility index (Phi) is 3.91. The van der Waals surface area contributed by atoms with Crippen LogP contribution in [0.1, 0.15) is 11.1 Å². The SMILES string of the molecule is Cc1ccccc1[C@@]1(O)O[C@H](CO)[C@@H](O)[C@H](O)[C@H]1O. The first-order valence-corrected chi connectivity index (χ1v) is 6.03. The Morgan fingerprint density at radius 3 is 2.37 bits per heavy atom. The molecule has 1 aromatic carbocycles. The molecule has 1 fully saturated rings. The maximum Gasteiger partial charge on any atom is 0.222 e. The second-order valence-electron chi connectivity index (χ2n) is 4.78. The van der Waals surface area contributed by atoms with Crippen LogP contribution in [0.5, 0.6) is 0 Å². The molecule has 1 aliphatic rings. The van der Waals surface area contributed by atoms with E-state index in [1.165, 1.54) is 0 Å². The van der Waals surface area contributed by atoms with Gasteiger partial charge in [0.05, 0.1) is 6.61 Å². The smallest absolute Gasteiger partial charge is 0.222 e. The number of hydrogen-bond donors (Lipinski definition) is 5. The average molecular weight is 270 g/mol. The van der Waals surface area contributed by atoms with Gasteiger partial charge < -0.3 is 30.3 Å². The van der Waals surface area contributed by atoms with Crippen LogP contribution >= 0.6 is 0 Å². The van der Waals surface area contributed by atoms with E-state index in [9.17, 15) is 20.4 Å². The van der Waals surface area contributed by atoms with E-state index in [4.69, 9.17) is 9.84 Å². The Bertz CT molecular complexity index is 449. The summed E-state index contributed by atoms with van der Waals surface area (Å²) in [6.07, 6.45) is -5.98. The van der Waals surface area contributed by atoms with Crippen LogP contribution in [0.3, 0.4) is 0 Å². The molecule has 0 saturated carbocycles. The van der Waals surface area contributed by atoms with Gasteiger partial charge in [-0.2, -0.15) is 0 Å². The molecule has 0 amide bonds. The Morgan fingerprint density at radius 2 is 1.79 bits per heavy atom. The van der Waals surface area contributed by atoms with Crippen LogP contribution in [0.25, 0.3) is 0 Å². The zero-order valence-electron chi connectivity index (χ0n) is 10.5. The molecule has 1 saturated heterocycles. The van der Waals surface area contributed by atoms with Crippen molar-refractivity contribution in [3.8, 4) is 0 Å². The van der Waals surface area contributed by atoms with Crippen molar-refractivity contribution in [1.82, 2.24) is 0 Å². The highest BCUT2D eigenvalue weighted by Crippen LogP contribution is 2.37. The van der Waals surface area contributed by atoms with E-state index < -0.39 is 36.8 Å². The van der Waals surface area contributed by atoms with Gasteiger partial charge in [-0.1, -0.05) is 24.3 Å². The fourth-order valence-electron chi connectivity index (χ4n) is 2.35. The summed E-state index contributed by atoms with van der Waals surface area (Å²) in [4.78, 5) is 0. The fraction of sp³-hybridized carbons (Fsp3) is 0.538. The second kappa shape index (κ2) is 5.16. The van der Waals surface area contributed by atoms with Crippen LogP contribution in [-0.2, 0) is 10.5 Å². The lowest BCUT2D eigenvalue weighted by atomic mass is 9.86. The summed E-state index contributed by atoms with van der Waals surface area (Å²) >= 11 is 0. The number of aliphatic hydroxyl groups is 5. The minimum atomic E-state index is -2.17. The monoisotopic (exact) mass is 270 g/mol. The van der Waals surface area contributed by atoms with E-state index in [1.54, 1.807) is 31.2 Å². The highest BCUT2D eigenvalue weighted by atomic mass is 16.7. The average Bonchev–Trinajstić information content (AvgIpc) is 2.41. The molecule has 0 radical (unpaired) electrons. The molecular formula is C13H18O6. The highest BCUT2D eigenvalue weighted by molar-refractivity contribution is 5.31. The van der Waals surface area contributed by atoms with Gasteiger partial charge in [-0.15, -0.1) is 0 Å². The largest absolute Gasteiger partial charge is 0.394 e. The van der Waals surface area contributed by atoms with E-state index in [2.05, 4.69) is 0 Å². The van der Waals surface area contributed by atoms with Crippen LogP contribution in [0.2, 0.25) is 0 Å². The van der Waals surface area contributed by atoms with Crippen LogP contribution in [0.4, 0.5) is 0 Å². The Labute approximate surface area is 110 Å². The van der Waals surface area contributed by atoms with Gasteiger partial charge in [-0.05, 0) is 12.5 Å². The molecule has 6 nitrogen and oxygen atoms in total. The van der Waals surface area contributed by atoms with Gasteiger partial charge in [-0.25, -0.2) is 0 Å². The first-order chi connectivity index (χ1) is 8.91. The zero-order chi connectivity index (χ0) is 14.2. The van der Waals surface area contributed by atoms with Crippen molar-refractivity contribution in [2.24, 2.45) is 0 Å². The number of ether oxygens (including phenoxy) is 1. The van der Waals surface area contributed by atoms with E-state index in [1.807, 2.05) is 0 Å². The summed E-state index contributed by atoms with van der Waals surface area (Å²) in [5.41, 5.74) is 0.941. The molecular weight excluding hydrogens is 252 g/mol. The summed E-state index contributed by atoms with van der Waals surface area (Å²) in [6, 6.07) is 6.68.